The molecule has 6 nitrogen and oxygen atoms in total. The third kappa shape index (κ3) is 3.28. The van der Waals surface area contributed by atoms with Crippen LogP contribution in [0.2, 0.25) is 5.02 Å². The zero-order valence-corrected chi connectivity index (χ0v) is 15.6. The second kappa shape index (κ2) is 7.04. The van der Waals surface area contributed by atoms with Crippen LogP contribution >= 0.6 is 11.6 Å². The fraction of sp³-hybridized carbons (Fsp3) is 0.250. The second-order valence-electron chi connectivity index (χ2n) is 6.10. The fourth-order valence-electron chi connectivity index (χ4n) is 2.98. The van der Waals surface area contributed by atoms with Gasteiger partial charge in [-0.3, -0.25) is 0 Å². The molecule has 0 fully saturated rings. The van der Waals surface area contributed by atoms with E-state index in [4.69, 9.17) is 35.0 Å². The standard InChI is InChI=1S/C20H17ClO6/c1-11-14-9-13(23-2)3-4-16(14)27-18(11)20(22)26-10-12-7-15(21)19-17(8-12)24-5-6-25-19/h3-4,7-9H,5-6,10H2,1-2H3. The highest BCUT2D eigenvalue weighted by Crippen LogP contribution is 2.38. The summed E-state index contributed by atoms with van der Waals surface area (Å²) in [7, 11) is 1.59. The normalized spacial score (nSPS) is 12.9. The van der Waals surface area contributed by atoms with E-state index in [9.17, 15) is 4.79 Å². The van der Waals surface area contributed by atoms with Gasteiger partial charge in [-0.05, 0) is 42.8 Å². The number of carbonyl (C=O) groups excluding carboxylic acids is 1. The number of aryl methyl sites for hydroxylation is 1. The smallest absolute Gasteiger partial charge is 0.374 e. The summed E-state index contributed by atoms with van der Waals surface area (Å²) in [5.74, 6) is 1.37. The highest BCUT2D eigenvalue weighted by atomic mass is 35.5. The first-order valence-electron chi connectivity index (χ1n) is 8.39. The Kier molecular flexibility index (Phi) is 4.58. The van der Waals surface area contributed by atoms with Gasteiger partial charge in [0, 0.05) is 10.9 Å². The molecule has 0 bridgehead atoms. The van der Waals surface area contributed by atoms with Crippen LogP contribution in [0.4, 0.5) is 0 Å². The van der Waals surface area contributed by atoms with Crippen molar-refractivity contribution in [2.45, 2.75) is 13.5 Å². The molecule has 0 amide bonds. The molecule has 7 heteroatoms. The number of fused-ring (bicyclic) bond motifs is 2. The molecule has 0 N–H and O–H groups in total. The summed E-state index contributed by atoms with van der Waals surface area (Å²) in [6.45, 7) is 2.75. The second-order valence-corrected chi connectivity index (χ2v) is 6.50. The van der Waals surface area contributed by atoms with Crippen LogP contribution in [0.3, 0.4) is 0 Å². The van der Waals surface area contributed by atoms with Gasteiger partial charge in [-0.25, -0.2) is 4.79 Å². The third-order valence-corrected chi connectivity index (χ3v) is 4.64. The van der Waals surface area contributed by atoms with E-state index in [0.29, 0.717) is 52.2 Å². The molecule has 3 aromatic rings. The maximum Gasteiger partial charge on any atom is 0.374 e. The van der Waals surface area contributed by atoms with Crippen molar-refractivity contribution in [2.75, 3.05) is 20.3 Å². The van der Waals surface area contributed by atoms with E-state index in [1.807, 2.05) is 13.0 Å². The number of furan rings is 1. The van der Waals surface area contributed by atoms with E-state index >= 15 is 0 Å². The van der Waals surface area contributed by atoms with Gasteiger partial charge >= 0.3 is 5.97 Å². The Bertz CT molecular complexity index is 1020. The van der Waals surface area contributed by atoms with Gasteiger partial charge < -0.3 is 23.4 Å². The topological polar surface area (TPSA) is 67.1 Å². The first-order chi connectivity index (χ1) is 13.1. The molecule has 0 atom stereocenters. The molecule has 1 aliphatic rings. The van der Waals surface area contributed by atoms with Crippen LogP contribution in [0.25, 0.3) is 11.0 Å². The molecule has 0 spiro atoms. The van der Waals surface area contributed by atoms with Crippen LogP contribution in [-0.2, 0) is 11.3 Å². The number of rotatable bonds is 4. The van der Waals surface area contributed by atoms with E-state index in [1.165, 1.54) is 0 Å². The van der Waals surface area contributed by atoms with Crippen LogP contribution < -0.4 is 14.2 Å². The lowest BCUT2D eigenvalue weighted by Gasteiger charge is -2.20. The molecule has 1 aromatic heterocycles. The Morgan fingerprint density at radius 3 is 2.81 bits per heavy atom. The first-order valence-corrected chi connectivity index (χ1v) is 8.77. The third-order valence-electron chi connectivity index (χ3n) is 4.36. The molecule has 2 aromatic carbocycles. The highest BCUT2D eigenvalue weighted by molar-refractivity contribution is 6.32. The van der Waals surface area contributed by atoms with Crippen LogP contribution in [-0.4, -0.2) is 26.3 Å². The summed E-state index contributed by atoms with van der Waals surface area (Å²) in [5.41, 5.74) is 2.00. The molecule has 1 aliphatic heterocycles. The Balaban J connectivity index is 1.54. The Morgan fingerprint density at radius 1 is 1.19 bits per heavy atom. The summed E-state index contributed by atoms with van der Waals surface area (Å²) >= 11 is 6.21. The van der Waals surface area contributed by atoms with Gasteiger partial charge in [0.2, 0.25) is 5.76 Å². The summed E-state index contributed by atoms with van der Waals surface area (Å²) in [4.78, 5) is 12.5. The quantitative estimate of drug-likeness (QED) is 0.612. The van der Waals surface area contributed by atoms with Gasteiger partial charge in [-0.1, -0.05) is 11.6 Å². The van der Waals surface area contributed by atoms with Crippen molar-refractivity contribution in [3.05, 3.63) is 52.2 Å². The maximum absolute atomic E-state index is 12.5. The summed E-state index contributed by atoms with van der Waals surface area (Å²) in [6.07, 6.45) is 0. The fourth-order valence-corrected chi connectivity index (χ4v) is 3.27. The Labute approximate surface area is 160 Å². The largest absolute Gasteiger partial charge is 0.497 e. The number of hydrogen-bond donors (Lipinski definition) is 0. The van der Waals surface area contributed by atoms with Gasteiger partial charge in [0.25, 0.3) is 0 Å². The molecule has 4 rings (SSSR count). The van der Waals surface area contributed by atoms with Crippen molar-refractivity contribution < 1.29 is 28.2 Å². The predicted octanol–water partition coefficient (Wildman–Crippen LogP) is 4.53. The summed E-state index contributed by atoms with van der Waals surface area (Å²) in [6, 6.07) is 8.81. The van der Waals surface area contributed by atoms with Crippen molar-refractivity contribution in [2.24, 2.45) is 0 Å². The van der Waals surface area contributed by atoms with Crippen molar-refractivity contribution in [1.82, 2.24) is 0 Å². The van der Waals surface area contributed by atoms with E-state index in [1.54, 1.807) is 31.4 Å². The van der Waals surface area contributed by atoms with Crippen LogP contribution in [0.15, 0.2) is 34.7 Å². The van der Waals surface area contributed by atoms with E-state index < -0.39 is 5.97 Å². The molecule has 0 saturated carbocycles. The van der Waals surface area contributed by atoms with Crippen molar-refractivity contribution >= 4 is 28.5 Å². The number of carbonyl (C=O) groups is 1. The van der Waals surface area contributed by atoms with E-state index in [0.717, 1.165) is 5.39 Å². The molecule has 27 heavy (non-hydrogen) atoms. The monoisotopic (exact) mass is 388 g/mol. The van der Waals surface area contributed by atoms with Crippen LogP contribution in [0.5, 0.6) is 17.2 Å². The van der Waals surface area contributed by atoms with Crippen molar-refractivity contribution in [1.29, 1.82) is 0 Å². The van der Waals surface area contributed by atoms with E-state index in [-0.39, 0.29) is 12.4 Å². The zero-order valence-electron chi connectivity index (χ0n) is 14.8. The van der Waals surface area contributed by atoms with Gasteiger partial charge in [0.05, 0.1) is 12.1 Å². The molecule has 140 valence electrons. The Morgan fingerprint density at radius 2 is 2.00 bits per heavy atom. The first kappa shape index (κ1) is 17.5. The average Bonchev–Trinajstić information content (AvgIpc) is 3.02. The number of ether oxygens (including phenoxy) is 4. The maximum atomic E-state index is 12.5. The average molecular weight is 389 g/mol. The summed E-state index contributed by atoms with van der Waals surface area (Å²) < 4.78 is 27.3. The van der Waals surface area contributed by atoms with Gasteiger partial charge in [0.1, 0.15) is 31.2 Å². The molecule has 0 saturated heterocycles. The predicted molar refractivity (Wildman–Crippen MR) is 99.1 cm³/mol. The van der Waals surface area contributed by atoms with Gasteiger partial charge in [0.15, 0.2) is 11.5 Å². The molecule has 2 heterocycles. The number of benzene rings is 2. The number of esters is 1. The molecule has 0 unspecified atom stereocenters. The minimum absolute atomic E-state index is 0.0367. The lowest BCUT2D eigenvalue weighted by Crippen LogP contribution is -2.16. The number of hydrogen-bond acceptors (Lipinski definition) is 6. The van der Waals surface area contributed by atoms with Gasteiger partial charge in [-0.2, -0.15) is 0 Å². The number of halogens is 1. The minimum atomic E-state index is -0.548. The molecular formula is C20H17ClO6. The minimum Gasteiger partial charge on any atom is -0.497 e. The Hall–Kier alpha value is -2.86. The molecule has 0 radical (unpaired) electrons. The molecular weight excluding hydrogens is 372 g/mol. The number of methoxy groups -OCH3 is 1. The van der Waals surface area contributed by atoms with Crippen LogP contribution in [0.1, 0.15) is 21.7 Å². The lowest BCUT2D eigenvalue weighted by atomic mass is 10.1. The van der Waals surface area contributed by atoms with Crippen molar-refractivity contribution in [3.8, 4) is 17.2 Å². The summed E-state index contributed by atoms with van der Waals surface area (Å²) in [5, 5.41) is 1.23. The lowest BCUT2D eigenvalue weighted by molar-refractivity contribution is 0.0437. The highest BCUT2D eigenvalue weighted by Gasteiger charge is 2.21. The zero-order chi connectivity index (χ0) is 19.0. The van der Waals surface area contributed by atoms with Crippen LogP contribution in [0, 0.1) is 6.92 Å². The van der Waals surface area contributed by atoms with E-state index in [2.05, 4.69) is 0 Å². The van der Waals surface area contributed by atoms with Crippen molar-refractivity contribution in [3.63, 3.8) is 0 Å². The SMILES string of the molecule is COc1ccc2oc(C(=O)OCc3cc(Cl)c4c(c3)OCCO4)c(C)c2c1. The van der Waals surface area contributed by atoms with Gasteiger partial charge in [-0.15, -0.1) is 0 Å². The molecule has 0 aliphatic carbocycles.